The van der Waals surface area contributed by atoms with Gasteiger partial charge in [-0.2, -0.15) is 0 Å². The van der Waals surface area contributed by atoms with E-state index in [1.807, 2.05) is 19.2 Å². The summed E-state index contributed by atoms with van der Waals surface area (Å²) in [5, 5.41) is 10.3. The molecule has 0 atom stereocenters. The standard InChI is InChI=1S/C10H14N2/c1-3-8-5-4-6-9(7-11)10(8)12-2/h4-7,11-12H,3H2,1-2H3. The number of hydrogen-bond acceptors (Lipinski definition) is 2. The predicted octanol–water partition coefficient (Wildman–Crippen LogP) is 2.29. The number of benzene rings is 1. The maximum absolute atomic E-state index is 7.19. The van der Waals surface area contributed by atoms with Crippen LogP contribution in [0, 0.1) is 5.41 Å². The summed E-state index contributed by atoms with van der Waals surface area (Å²) in [6.07, 6.45) is 2.38. The van der Waals surface area contributed by atoms with E-state index in [4.69, 9.17) is 5.41 Å². The molecular formula is C10H14N2. The third-order valence-corrected chi connectivity index (χ3v) is 1.97. The van der Waals surface area contributed by atoms with E-state index < -0.39 is 0 Å². The summed E-state index contributed by atoms with van der Waals surface area (Å²) in [5.41, 5.74) is 3.30. The molecule has 0 aliphatic rings. The molecule has 0 heterocycles. The molecule has 0 fully saturated rings. The Balaban J connectivity index is 3.21. The molecule has 0 amide bonds. The van der Waals surface area contributed by atoms with Crippen molar-refractivity contribution in [1.29, 1.82) is 5.41 Å². The molecule has 2 heteroatoms. The average molecular weight is 162 g/mol. The van der Waals surface area contributed by atoms with Crippen LogP contribution < -0.4 is 5.32 Å². The van der Waals surface area contributed by atoms with Crippen molar-refractivity contribution in [3.63, 3.8) is 0 Å². The van der Waals surface area contributed by atoms with Gasteiger partial charge in [0.05, 0.1) is 0 Å². The van der Waals surface area contributed by atoms with Crippen molar-refractivity contribution in [3.05, 3.63) is 29.3 Å². The van der Waals surface area contributed by atoms with Crippen LogP contribution in [-0.4, -0.2) is 13.3 Å². The quantitative estimate of drug-likeness (QED) is 0.657. The van der Waals surface area contributed by atoms with E-state index in [1.54, 1.807) is 0 Å². The van der Waals surface area contributed by atoms with E-state index in [1.165, 1.54) is 11.8 Å². The van der Waals surface area contributed by atoms with Crippen LogP contribution in [0.25, 0.3) is 0 Å². The minimum absolute atomic E-state index is 0.955. The van der Waals surface area contributed by atoms with Crippen LogP contribution in [0.4, 0.5) is 5.69 Å². The Morgan fingerprint density at radius 3 is 2.75 bits per heavy atom. The van der Waals surface area contributed by atoms with Gasteiger partial charge in [-0.15, -0.1) is 0 Å². The van der Waals surface area contributed by atoms with E-state index in [0.29, 0.717) is 0 Å². The molecular weight excluding hydrogens is 148 g/mol. The van der Waals surface area contributed by atoms with Gasteiger partial charge in [0.1, 0.15) is 0 Å². The molecule has 0 radical (unpaired) electrons. The van der Waals surface area contributed by atoms with Gasteiger partial charge in [0, 0.05) is 24.5 Å². The Kier molecular flexibility index (Phi) is 2.86. The predicted molar refractivity (Wildman–Crippen MR) is 53.3 cm³/mol. The molecule has 1 rings (SSSR count). The van der Waals surface area contributed by atoms with Gasteiger partial charge in [-0.05, 0) is 12.0 Å². The summed E-state index contributed by atoms with van der Waals surface area (Å²) in [4.78, 5) is 0. The summed E-state index contributed by atoms with van der Waals surface area (Å²) >= 11 is 0. The summed E-state index contributed by atoms with van der Waals surface area (Å²) in [6, 6.07) is 6.01. The van der Waals surface area contributed by atoms with Crippen molar-refractivity contribution in [2.24, 2.45) is 0 Å². The van der Waals surface area contributed by atoms with Gasteiger partial charge in [0.2, 0.25) is 0 Å². The van der Waals surface area contributed by atoms with Crippen molar-refractivity contribution in [2.45, 2.75) is 13.3 Å². The molecule has 0 saturated carbocycles. The summed E-state index contributed by atoms with van der Waals surface area (Å²) in [7, 11) is 1.89. The Morgan fingerprint density at radius 1 is 1.50 bits per heavy atom. The zero-order valence-corrected chi connectivity index (χ0v) is 7.52. The maximum atomic E-state index is 7.19. The minimum atomic E-state index is 0.955. The number of nitrogens with one attached hydrogen (secondary N) is 2. The average Bonchev–Trinajstić information content (AvgIpc) is 2.16. The van der Waals surface area contributed by atoms with Gasteiger partial charge in [0.25, 0.3) is 0 Å². The fraction of sp³-hybridized carbons (Fsp3) is 0.300. The first-order valence-electron chi connectivity index (χ1n) is 4.13. The molecule has 0 unspecified atom stereocenters. The molecule has 1 aromatic carbocycles. The van der Waals surface area contributed by atoms with Crippen LogP contribution in [0.1, 0.15) is 18.1 Å². The second-order valence-corrected chi connectivity index (χ2v) is 2.63. The normalized spacial score (nSPS) is 9.50. The lowest BCUT2D eigenvalue weighted by molar-refractivity contribution is 1.14. The molecule has 2 nitrogen and oxygen atoms in total. The van der Waals surface area contributed by atoms with Gasteiger partial charge in [0.15, 0.2) is 0 Å². The zero-order valence-electron chi connectivity index (χ0n) is 7.52. The summed E-state index contributed by atoms with van der Waals surface area (Å²) in [6.45, 7) is 2.11. The maximum Gasteiger partial charge on any atom is 0.0458 e. The Morgan fingerprint density at radius 2 is 2.25 bits per heavy atom. The molecule has 0 aromatic heterocycles. The first kappa shape index (κ1) is 8.78. The second-order valence-electron chi connectivity index (χ2n) is 2.63. The van der Waals surface area contributed by atoms with Gasteiger partial charge >= 0.3 is 0 Å². The summed E-state index contributed by atoms with van der Waals surface area (Å²) < 4.78 is 0. The van der Waals surface area contributed by atoms with Crippen molar-refractivity contribution in [1.82, 2.24) is 0 Å². The van der Waals surface area contributed by atoms with Gasteiger partial charge < -0.3 is 10.7 Å². The van der Waals surface area contributed by atoms with Gasteiger partial charge in [-0.25, -0.2) is 0 Å². The van der Waals surface area contributed by atoms with Crippen molar-refractivity contribution < 1.29 is 0 Å². The van der Waals surface area contributed by atoms with E-state index >= 15 is 0 Å². The molecule has 0 aliphatic heterocycles. The highest BCUT2D eigenvalue weighted by Crippen LogP contribution is 2.19. The molecule has 2 N–H and O–H groups in total. The highest BCUT2D eigenvalue weighted by Gasteiger charge is 2.01. The monoisotopic (exact) mass is 162 g/mol. The Labute approximate surface area is 73.1 Å². The zero-order chi connectivity index (χ0) is 8.97. The Bertz CT molecular complexity index is 279. The molecule has 0 bridgehead atoms. The van der Waals surface area contributed by atoms with Crippen LogP contribution >= 0.6 is 0 Å². The fourth-order valence-electron chi connectivity index (χ4n) is 1.34. The van der Waals surface area contributed by atoms with Gasteiger partial charge in [-0.3, -0.25) is 0 Å². The minimum Gasteiger partial charge on any atom is -0.387 e. The fourth-order valence-corrected chi connectivity index (χ4v) is 1.34. The molecule has 12 heavy (non-hydrogen) atoms. The van der Waals surface area contributed by atoms with Crippen LogP contribution in [-0.2, 0) is 6.42 Å². The third kappa shape index (κ3) is 1.47. The number of rotatable bonds is 3. The number of hydrogen-bond donors (Lipinski definition) is 2. The largest absolute Gasteiger partial charge is 0.387 e. The molecule has 0 spiro atoms. The number of anilines is 1. The second kappa shape index (κ2) is 3.90. The first-order chi connectivity index (χ1) is 5.83. The van der Waals surface area contributed by atoms with E-state index in [9.17, 15) is 0 Å². The van der Waals surface area contributed by atoms with Crippen molar-refractivity contribution in [2.75, 3.05) is 12.4 Å². The number of aryl methyl sites for hydroxylation is 1. The summed E-state index contributed by atoms with van der Waals surface area (Å²) in [5.74, 6) is 0. The van der Waals surface area contributed by atoms with Crippen molar-refractivity contribution in [3.8, 4) is 0 Å². The molecule has 1 aromatic rings. The lowest BCUT2D eigenvalue weighted by Gasteiger charge is -2.09. The molecule has 0 saturated heterocycles. The SMILES string of the molecule is CCc1cccc(C=N)c1NC. The Hall–Kier alpha value is -1.31. The van der Waals surface area contributed by atoms with E-state index in [2.05, 4.69) is 18.3 Å². The lowest BCUT2D eigenvalue weighted by atomic mass is 10.1. The highest BCUT2D eigenvalue weighted by molar-refractivity contribution is 5.86. The van der Waals surface area contributed by atoms with Crippen LogP contribution in [0.5, 0.6) is 0 Å². The highest BCUT2D eigenvalue weighted by atomic mass is 14.8. The van der Waals surface area contributed by atoms with Crippen molar-refractivity contribution >= 4 is 11.9 Å². The lowest BCUT2D eigenvalue weighted by Crippen LogP contribution is -1.98. The number of para-hydroxylation sites is 1. The van der Waals surface area contributed by atoms with Crippen LogP contribution in [0.15, 0.2) is 18.2 Å². The van der Waals surface area contributed by atoms with E-state index in [-0.39, 0.29) is 0 Å². The third-order valence-electron chi connectivity index (χ3n) is 1.97. The van der Waals surface area contributed by atoms with E-state index in [0.717, 1.165) is 17.7 Å². The van der Waals surface area contributed by atoms with Crippen LogP contribution in [0.3, 0.4) is 0 Å². The molecule has 0 aliphatic carbocycles. The molecule has 64 valence electrons. The van der Waals surface area contributed by atoms with Gasteiger partial charge in [-0.1, -0.05) is 25.1 Å². The van der Waals surface area contributed by atoms with Crippen LogP contribution in [0.2, 0.25) is 0 Å². The smallest absolute Gasteiger partial charge is 0.0458 e. The first-order valence-corrected chi connectivity index (χ1v) is 4.13. The topological polar surface area (TPSA) is 35.9 Å².